The summed E-state index contributed by atoms with van der Waals surface area (Å²) in [5.74, 6) is -0.0704. The van der Waals surface area contributed by atoms with E-state index in [9.17, 15) is 9.59 Å². The molecule has 1 aromatic carbocycles. The Bertz CT molecular complexity index is 357. The summed E-state index contributed by atoms with van der Waals surface area (Å²) in [6, 6.07) is 6.65. The highest BCUT2D eigenvalue weighted by atomic mass is 16.1. The zero-order valence-electron chi connectivity index (χ0n) is 10.2. The molecule has 1 amide bonds. The molecule has 0 heterocycles. The van der Waals surface area contributed by atoms with Crippen molar-refractivity contribution >= 4 is 12.2 Å². The fourth-order valence-corrected chi connectivity index (χ4v) is 1.57. The normalized spacial score (nSPS) is 9.94. The van der Waals surface area contributed by atoms with Gasteiger partial charge in [0.15, 0.2) is 0 Å². The van der Waals surface area contributed by atoms with Crippen molar-refractivity contribution < 1.29 is 9.59 Å². The Morgan fingerprint density at radius 2 is 1.88 bits per heavy atom. The van der Waals surface area contributed by atoms with Gasteiger partial charge in [0.25, 0.3) is 5.91 Å². The van der Waals surface area contributed by atoms with Crippen LogP contribution in [0.2, 0.25) is 0 Å². The van der Waals surface area contributed by atoms with Crippen molar-refractivity contribution in [2.75, 3.05) is 6.54 Å². The number of aldehydes is 1. The molecule has 0 aromatic heterocycles. The minimum Gasteiger partial charge on any atom is -0.352 e. The molecule has 3 heteroatoms. The van der Waals surface area contributed by atoms with Crippen LogP contribution in [0, 0.1) is 0 Å². The molecule has 0 saturated heterocycles. The highest BCUT2D eigenvalue weighted by Gasteiger charge is 2.03. The van der Waals surface area contributed by atoms with Crippen molar-refractivity contribution in [3.8, 4) is 0 Å². The van der Waals surface area contributed by atoms with E-state index in [0.29, 0.717) is 17.7 Å². The van der Waals surface area contributed by atoms with E-state index in [1.165, 1.54) is 12.8 Å². The molecule has 1 N–H and O–H groups in total. The van der Waals surface area contributed by atoms with Crippen molar-refractivity contribution in [3.63, 3.8) is 0 Å². The number of nitrogens with one attached hydrogen (secondary N) is 1. The predicted octanol–water partition coefficient (Wildman–Crippen LogP) is 2.81. The summed E-state index contributed by atoms with van der Waals surface area (Å²) >= 11 is 0. The summed E-state index contributed by atoms with van der Waals surface area (Å²) < 4.78 is 0. The third-order valence-electron chi connectivity index (χ3n) is 2.62. The maximum Gasteiger partial charge on any atom is 0.251 e. The topological polar surface area (TPSA) is 46.2 Å². The van der Waals surface area contributed by atoms with Gasteiger partial charge in [-0.3, -0.25) is 9.59 Å². The van der Waals surface area contributed by atoms with Gasteiger partial charge in [0, 0.05) is 17.7 Å². The second kappa shape index (κ2) is 7.60. The Hall–Kier alpha value is -1.64. The fourth-order valence-electron chi connectivity index (χ4n) is 1.57. The van der Waals surface area contributed by atoms with Crippen LogP contribution in [-0.4, -0.2) is 18.7 Å². The van der Waals surface area contributed by atoms with Gasteiger partial charge in [0.05, 0.1) is 0 Å². The summed E-state index contributed by atoms with van der Waals surface area (Å²) in [6.45, 7) is 2.88. The monoisotopic (exact) mass is 233 g/mol. The predicted molar refractivity (Wildman–Crippen MR) is 68.3 cm³/mol. The van der Waals surface area contributed by atoms with Crippen LogP contribution in [0.25, 0.3) is 0 Å². The molecule has 0 aliphatic heterocycles. The minimum absolute atomic E-state index is 0.0704. The first-order valence-electron chi connectivity index (χ1n) is 6.11. The van der Waals surface area contributed by atoms with Crippen molar-refractivity contribution in [2.45, 2.75) is 32.6 Å². The Morgan fingerprint density at radius 3 is 2.47 bits per heavy atom. The molecular formula is C14H19NO2. The smallest absolute Gasteiger partial charge is 0.251 e. The average Bonchev–Trinajstić information content (AvgIpc) is 2.38. The van der Waals surface area contributed by atoms with Crippen LogP contribution in [0.1, 0.15) is 53.3 Å². The van der Waals surface area contributed by atoms with Crippen molar-refractivity contribution in [1.82, 2.24) is 5.32 Å². The number of benzene rings is 1. The number of hydrogen-bond donors (Lipinski definition) is 1. The summed E-state index contributed by atoms with van der Waals surface area (Å²) in [6.07, 6.45) is 5.35. The zero-order chi connectivity index (χ0) is 12.5. The molecule has 0 fully saturated rings. The van der Waals surface area contributed by atoms with Crippen LogP contribution < -0.4 is 5.32 Å². The number of carbonyl (C=O) groups excluding carboxylic acids is 2. The molecule has 1 rings (SSSR count). The van der Waals surface area contributed by atoms with Crippen molar-refractivity contribution in [1.29, 1.82) is 0 Å². The highest BCUT2D eigenvalue weighted by molar-refractivity contribution is 5.94. The number of hydrogen-bond acceptors (Lipinski definition) is 2. The molecule has 0 aliphatic carbocycles. The van der Waals surface area contributed by atoms with Gasteiger partial charge in [0.1, 0.15) is 6.29 Å². The standard InChI is InChI=1S/C14H19NO2/c1-2-3-4-5-10-15-14(17)13-8-6-12(11-16)7-9-13/h6-9,11H,2-5,10H2,1H3,(H,15,17). The molecular weight excluding hydrogens is 214 g/mol. The van der Waals surface area contributed by atoms with Crippen LogP contribution in [0.15, 0.2) is 24.3 Å². The van der Waals surface area contributed by atoms with E-state index in [1.54, 1.807) is 24.3 Å². The number of rotatable bonds is 7. The van der Waals surface area contributed by atoms with Crippen LogP contribution >= 0.6 is 0 Å². The fraction of sp³-hybridized carbons (Fsp3) is 0.429. The number of unbranched alkanes of at least 4 members (excludes halogenated alkanes) is 3. The summed E-state index contributed by atoms with van der Waals surface area (Å²) in [4.78, 5) is 22.1. The van der Waals surface area contributed by atoms with Gasteiger partial charge in [-0.1, -0.05) is 38.3 Å². The van der Waals surface area contributed by atoms with Gasteiger partial charge < -0.3 is 5.32 Å². The Balaban J connectivity index is 2.33. The maximum absolute atomic E-state index is 11.7. The lowest BCUT2D eigenvalue weighted by molar-refractivity contribution is 0.0952. The second-order valence-corrected chi connectivity index (χ2v) is 4.06. The average molecular weight is 233 g/mol. The third kappa shape index (κ3) is 4.81. The molecule has 92 valence electrons. The van der Waals surface area contributed by atoms with E-state index >= 15 is 0 Å². The molecule has 3 nitrogen and oxygen atoms in total. The van der Waals surface area contributed by atoms with Crippen molar-refractivity contribution in [2.24, 2.45) is 0 Å². The molecule has 0 radical (unpaired) electrons. The van der Waals surface area contributed by atoms with E-state index in [4.69, 9.17) is 0 Å². The molecule has 0 aliphatic rings. The largest absolute Gasteiger partial charge is 0.352 e. The molecule has 0 saturated carbocycles. The number of carbonyl (C=O) groups is 2. The lowest BCUT2D eigenvalue weighted by Crippen LogP contribution is -2.24. The van der Waals surface area contributed by atoms with E-state index in [2.05, 4.69) is 12.2 Å². The molecule has 0 bridgehead atoms. The van der Waals surface area contributed by atoms with Gasteiger partial charge in [-0.2, -0.15) is 0 Å². The maximum atomic E-state index is 11.7. The van der Waals surface area contributed by atoms with Crippen LogP contribution in [0.3, 0.4) is 0 Å². The lowest BCUT2D eigenvalue weighted by atomic mass is 10.1. The summed E-state index contributed by atoms with van der Waals surface area (Å²) in [5.41, 5.74) is 1.19. The molecule has 0 unspecified atom stereocenters. The van der Waals surface area contributed by atoms with Gasteiger partial charge >= 0.3 is 0 Å². The van der Waals surface area contributed by atoms with Crippen LogP contribution in [0.4, 0.5) is 0 Å². The van der Waals surface area contributed by atoms with Gasteiger partial charge in [-0.15, -0.1) is 0 Å². The third-order valence-corrected chi connectivity index (χ3v) is 2.62. The Labute approximate surface area is 102 Å². The molecule has 1 aromatic rings. The minimum atomic E-state index is -0.0704. The molecule has 17 heavy (non-hydrogen) atoms. The quantitative estimate of drug-likeness (QED) is 0.581. The zero-order valence-corrected chi connectivity index (χ0v) is 10.2. The Morgan fingerprint density at radius 1 is 1.18 bits per heavy atom. The lowest BCUT2D eigenvalue weighted by Gasteiger charge is -2.04. The SMILES string of the molecule is CCCCCCNC(=O)c1ccc(C=O)cc1. The summed E-state index contributed by atoms with van der Waals surface area (Å²) in [7, 11) is 0. The first-order valence-corrected chi connectivity index (χ1v) is 6.11. The number of amides is 1. The van der Waals surface area contributed by atoms with Gasteiger partial charge in [0.2, 0.25) is 0 Å². The van der Waals surface area contributed by atoms with E-state index < -0.39 is 0 Å². The molecule has 0 spiro atoms. The second-order valence-electron chi connectivity index (χ2n) is 4.06. The highest BCUT2D eigenvalue weighted by Crippen LogP contribution is 2.03. The van der Waals surface area contributed by atoms with E-state index in [-0.39, 0.29) is 5.91 Å². The molecule has 0 atom stereocenters. The van der Waals surface area contributed by atoms with Gasteiger partial charge in [-0.05, 0) is 18.6 Å². The van der Waals surface area contributed by atoms with Crippen LogP contribution in [0.5, 0.6) is 0 Å². The summed E-state index contributed by atoms with van der Waals surface area (Å²) in [5, 5.41) is 2.87. The van der Waals surface area contributed by atoms with Gasteiger partial charge in [-0.25, -0.2) is 0 Å². The first kappa shape index (κ1) is 13.4. The van der Waals surface area contributed by atoms with E-state index in [1.807, 2.05) is 0 Å². The first-order chi connectivity index (χ1) is 8.27. The van der Waals surface area contributed by atoms with Crippen molar-refractivity contribution in [3.05, 3.63) is 35.4 Å². The Kier molecular flexibility index (Phi) is 6.00. The van der Waals surface area contributed by atoms with E-state index in [0.717, 1.165) is 19.1 Å². The van der Waals surface area contributed by atoms with Crippen LogP contribution in [-0.2, 0) is 0 Å².